The summed E-state index contributed by atoms with van der Waals surface area (Å²) in [6.45, 7) is 2.34. The van der Waals surface area contributed by atoms with Gasteiger partial charge < -0.3 is 5.73 Å². The number of nitrogen functional groups attached to an aromatic ring is 1. The zero-order valence-electron chi connectivity index (χ0n) is 13.8. The van der Waals surface area contributed by atoms with Crippen LogP contribution in [0.15, 0.2) is 60.8 Å². The molecule has 1 unspecified atom stereocenters. The molecule has 3 heterocycles. The summed E-state index contributed by atoms with van der Waals surface area (Å²) in [5, 5.41) is 0.769. The van der Waals surface area contributed by atoms with Gasteiger partial charge in [-0.3, -0.25) is 14.7 Å². The standard InChI is InChI=1S/C20H19N3OS/c21-19-10-15-16(20(24)17-8-4-5-9-22-17)12-23(13-18(15)25-19)11-14-6-2-1-3-7-14/h1-10,16H,11-13,21H2. The lowest BCUT2D eigenvalue weighted by molar-refractivity contribution is 0.0911. The highest BCUT2D eigenvalue weighted by atomic mass is 32.1. The molecule has 0 saturated heterocycles. The predicted octanol–water partition coefficient (Wildman–Crippen LogP) is 3.71. The SMILES string of the molecule is Nc1cc2c(s1)CN(Cc1ccccc1)CC2C(=O)c1ccccn1. The number of Topliss-reactive ketones (excluding diaryl/α,β-unsaturated/α-hetero) is 1. The van der Waals surface area contributed by atoms with Gasteiger partial charge in [-0.05, 0) is 29.3 Å². The quantitative estimate of drug-likeness (QED) is 0.730. The zero-order valence-corrected chi connectivity index (χ0v) is 14.6. The summed E-state index contributed by atoms with van der Waals surface area (Å²) in [7, 11) is 0. The van der Waals surface area contributed by atoms with Crippen LogP contribution in [0.25, 0.3) is 0 Å². The maximum absolute atomic E-state index is 13.0. The fraction of sp³-hybridized carbons (Fsp3) is 0.200. The number of hydrogen-bond acceptors (Lipinski definition) is 5. The Bertz CT molecular complexity index is 876. The minimum atomic E-state index is -0.212. The molecule has 4 rings (SSSR count). The zero-order chi connectivity index (χ0) is 17.2. The smallest absolute Gasteiger partial charge is 0.189 e. The number of benzene rings is 1. The van der Waals surface area contributed by atoms with Crippen molar-refractivity contribution in [1.82, 2.24) is 9.88 Å². The van der Waals surface area contributed by atoms with Crippen molar-refractivity contribution < 1.29 is 4.79 Å². The van der Waals surface area contributed by atoms with Crippen LogP contribution in [0.3, 0.4) is 0 Å². The Labute approximate surface area is 150 Å². The van der Waals surface area contributed by atoms with E-state index >= 15 is 0 Å². The second-order valence-electron chi connectivity index (χ2n) is 6.31. The second-order valence-corrected chi connectivity index (χ2v) is 7.48. The Kier molecular flexibility index (Phi) is 4.34. The molecule has 2 aromatic heterocycles. The number of nitrogens with two attached hydrogens (primary N) is 1. The van der Waals surface area contributed by atoms with Gasteiger partial charge in [0.15, 0.2) is 5.78 Å². The number of ketones is 1. The van der Waals surface area contributed by atoms with E-state index in [2.05, 4.69) is 22.0 Å². The van der Waals surface area contributed by atoms with Gasteiger partial charge in [0, 0.05) is 30.7 Å². The number of pyridine rings is 1. The molecule has 1 atom stereocenters. The summed E-state index contributed by atoms with van der Waals surface area (Å²) in [5.41, 5.74) is 8.87. The third kappa shape index (κ3) is 3.34. The third-order valence-electron chi connectivity index (χ3n) is 4.53. The maximum Gasteiger partial charge on any atom is 0.189 e. The molecule has 0 aliphatic carbocycles. The third-order valence-corrected chi connectivity index (χ3v) is 5.49. The number of anilines is 1. The van der Waals surface area contributed by atoms with Gasteiger partial charge in [-0.1, -0.05) is 36.4 Å². The lowest BCUT2D eigenvalue weighted by Crippen LogP contribution is -2.35. The van der Waals surface area contributed by atoms with Crippen LogP contribution in [0.1, 0.15) is 32.4 Å². The van der Waals surface area contributed by atoms with Crippen LogP contribution >= 0.6 is 11.3 Å². The van der Waals surface area contributed by atoms with Crippen molar-refractivity contribution in [2.24, 2.45) is 0 Å². The summed E-state index contributed by atoms with van der Waals surface area (Å²) in [5.74, 6) is -0.145. The lowest BCUT2D eigenvalue weighted by atomic mass is 9.89. The first kappa shape index (κ1) is 16.0. The van der Waals surface area contributed by atoms with E-state index in [1.807, 2.05) is 36.4 Å². The first-order chi connectivity index (χ1) is 12.2. The molecule has 0 amide bonds. The summed E-state index contributed by atoms with van der Waals surface area (Å²) in [6, 6.07) is 17.8. The lowest BCUT2D eigenvalue weighted by Gasteiger charge is -2.32. The van der Waals surface area contributed by atoms with Crippen LogP contribution in [0.4, 0.5) is 5.00 Å². The largest absolute Gasteiger partial charge is 0.391 e. The molecule has 1 aromatic carbocycles. The van der Waals surface area contributed by atoms with Gasteiger partial charge >= 0.3 is 0 Å². The Morgan fingerprint density at radius 3 is 2.76 bits per heavy atom. The normalized spacial score (nSPS) is 17.2. The Morgan fingerprint density at radius 2 is 2.00 bits per heavy atom. The van der Waals surface area contributed by atoms with Gasteiger partial charge in [0.25, 0.3) is 0 Å². The molecule has 2 N–H and O–H groups in total. The van der Waals surface area contributed by atoms with Crippen LogP contribution in [0.5, 0.6) is 0 Å². The molecule has 0 bridgehead atoms. The minimum Gasteiger partial charge on any atom is -0.391 e. The first-order valence-corrected chi connectivity index (χ1v) is 9.12. The molecule has 4 nitrogen and oxygen atoms in total. The van der Waals surface area contributed by atoms with Crippen LogP contribution in [-0.2, 0) is 13.1 Å². The molecule has 0 saturated carbocycles. The van der Waals surface area contributed by atoms with E-state index in [0.717, 1.165) is 23.7 Å². The van der Waals surface area contributed by atoms with E-state index in [-0.39, 0.29) is 11.7 Å². The van der Waals surface area contributed by atoms with Crippen molar-refractivity contribution in [3.8, 4) is 0 Å². The van der Waals surface area contributed by atoms with Gasteiger partial charge in [-0.15, -0.1) is 11.3 Å². The Balaban J connectivity index is 1.64. The van der Waals surface area contributed by atoms with Crippen molar-refractivity contribution in [2.45, 2.75) is 19.0 Å². The minimum absolute atomic E-state index is 0.0670. The van der Waals surface area contributed by atoms with Gasteiger partial charge in [-0.25, -0.2) is 0 Å². The van der Waals surface area contributed by atoms with E-state index in [9.17, 15) is 4.79 Å². The molecular formula is C20H19N3OS. The van der Waals surface area contributed by atoms with Gasteiger partial charge in [0.05, 0.1) is 10.9 Å². The van der Waals surface area contributed by atoms with Crippen LogP contribution < -0.4 is 5.73 Å². The first-order valence-electron chi connectivity index (χ1n) is 8.30. The summed E-state index contributed by atoms with van der Waals surface area (Å²) >= 11 is 1.58. The molecule has 0 radical (unpaired) electrons. The maximum atomic E-state index is 13.0. The second kappa shape index (κ2) is 6.78. The molecule has 5 heteroatoms. The fourth-order valence-electron chi connectivity index (χ4n) is 3.38. The van der Waals surface area contributed by atoms with Crippen LogP contribution in [0.2, 0.25) is 0 Å². The number of carbonyl (C=O) groups is 1. The molecule has 1 aliphatic heterocycles. The van der Waals surface area contributed by atoms with Crippen molar-refractivity contribution in [1.29, 1.82) is 0 Å². The van der Waals surface area contributed by atoms with Crippen molar-refractivity contribution in [2.75, 3.05) is 12.3 Å². The Morgan fingerprint density at radius 1 is 1.20 bits per heavy atom. The number of fused-ring (bicyclic) bond motifs is 1. The fourth-order valence-corrected chi connectivity index (χ4v) is 4.42. The molecule has 1 aliphatic rings. The van der Waals surface area contributed by atoms with Crippen molar-refractivity contribution in [3.05, 3.63) is 82.5 Å². The number of hydrogen-bond donors (Lipinski definition) is 1. The topological polar surface area (TPSA) is 59.2 Å². The monoisotopic (exact) mass is 349 g/mol. The highest BCUT2D eigenvalue weighted by Crippen LogP contribution is 2.37. The average molecular weight is 349 g/mol. The number of rotatable bonds is 4. The highest BCUT2D eigenvalue weighted by molar-refractivity contribution is 7.16. The average Bonchev–Trinajstić information content (AvgIpc) is 3.02. The van der Waals surface area contributed by atoms with E-state index in [0.29, 0.717) is 12.2 Å². The number of nitrogens with zero attached hydrogens (tertiary/aromatic N) is 2. The summed E-state index contributed by atoms with van der Waals surface area (Å²) < 4.78 is 0. The van der Waals surface area contributed by atoms with Gasteiger partial charge in [-0.2, -0.15) is 0 Å². The summed E-state index contributed by atoms with van der Waals surface area (Å²) in [6.07, 6.45) is 1.67. The molecule has 0 spiro atoms. The van der Waals surface area contributed by atoms with E-state index in [1.165, 1.54) is 10.4 Å². The van der Waals surface area contributed by atoms with Gasteiger partial charge in [0.1, 0.15) is 5.69 Å². The number of thiophene rings is 1. The van der Waals surface area contributed by atoms with Crippen LogP contribution in [-0.4, -0.2) is 22.2 Å². The summed E-state index contributed by atoms with van der Waals surface area (Å²) in [4.78, 5) is 20.8. The number of aromatic nitrogens is 1. The van der Waals surface area contributed by atoms with E-state index < -0.39 is 0 Å². The molecule has 25 heavy (non-hydrogen) atoms. The van der Waals surface area contributed by atoms with E-state index in [1.54, 1.807) is 23.6 Å². The Hall–Kier alpha value is -2.50. The predicted molar refractivity (Wildman–Crippen MR) is 101 cm³/mol. The highest BCUT2D eigenvalue weighted by Gasteiger charge is 2.33. The van der Waals surface area contributed by atoms with E-state index in [4.69, 9.17) is 5.73 Å². The molecular weight excluding hydrogens is 330 g/mol. The van der Waals surface area contributed by atoms with Crippen molar-refractivity contribution in [3.63, 3.8) is 0 Å². The molecule has 3 aromatic rings. The molecule has 0 fully saturated rings. The van der Waals surface area contributed by atoms with Crippen LogP contribution in [0, 0.1) is 0 Å². The number of carbonyl (C=O) groups excluding carboxylic acids is 1. The molecule has 126 valence electrons. The van der Waals surface area contributed by atoms with Gasteiger partial charge in [0.2, 0.25) is 0 Å². The van der Waals surface area contributed by atoms with Crippen molar-refractivity contribution >= 4 is 22.1 Å².